The summed E-state index contributed by atoms with van der Waals surface area (Å²) in [6.45, 7) is 2.17. The molecule has 1 aromatic heterocycles. The summed E-state index contributed by atoms with van der Waals surface area (Å²) in [5, 5.41) is 6.68. The Hall–Kier alpha value is -3.02. The SMILES string of the molecule is Cc1cccc(-c2noc(CNC(=O)CCc3ccc(F)cc3)n2)c1. The zero-order valence-electron chi connectivity index (χ0n) is 13.8. The third-order valence-electron chi connectivity index (χ3n) is 3.74. The molecule has 0 spiro atoms. The molecule has 3 rings (SSSR count). The number of nitrogens with one attached hydrogen (secondary N) is 1. The minimum Gasteiger partial charge on any atom is -0.347 e. The van der Waals surface area contributed by atoms with Gasteiger partial charge in [0.1, 0.15) is 5.82 Å². The average Bonchev–Trinajstić information content (AvgIpc) is 3.08. The van der Waals surface area contributed by atoms with Crippen molar-refractivity contribution in [3.05, 3.63) is 71.4 Å². The Bertz CT molecular complexity index is 859. The molecule has 0 radical (unpaired) electrons. The molecule has 1 amide bonds. The second-order valence-corrected chi connectivity index (χ2v) is 5.78. The number of rotatable bonds is 6. The number of benzene rings is 2. The molecule has 0 atom stereocenters. The van der Waals surface area contributed by atoms with Crippen LogP contribution in [0.4, 0.5) is 4.39 Å². The van der Waals surface area contributed by atoms with Crippen molar-refractivity contribution in [2.75, 3.05) is 0 Å². The predicted octanol–water partition coefficient (Wildman–Crippen LogP) is 3.43. The summed E-state index contributed by atoms with van der Waals surface area (Å²) in [7, 11) is 0. The maximum absolute atomic E-state index is 12.8. The fourth-order valence-corrected chi connectivity index (χ4v) is 2.40. The van der Waals surface area contributed by atoms with Crippen LogP contribution < -0.4 is 5.32 Å². The second-order valence-electron chi connectivity index (χ2n) is 5.78. The standard InChI is InChI=1S/C19H18FN3O2/c1-13-3-2-4-15(11-13)19-22-18(25-23-19)12-21-17(24)10-7-14-5-8-16(20)9-6-14/h2-6,8-9,11H,7,10,12H2,1H3,(H,21,24). The van der Waals surface area contributed by atoms with Crippen LogP contribution in [0.2, 0.25) is 0 Å². The highest BCUT2D eigenvalue weighted by atomic mass is 19.1. The van der Waals surface area contributed by atoms with E-state index in [9.17, 15) is 9.18 Å². The Morgan fingerprint density at radius 3 is 2.76 bits per heavy atom. The van der Waals surface area contributed by atoms with Crippen molar-refractivity contribution >= 4 is 5.91 Å². The van der Waals surface area contributed by atoms with Crippen molar-refractivity contribution in [2.24, 2.45) is 0 Å². The van der Waals surface area contributed by atoms with Gasteiger partial charge in [0, 0.05) is 12.0 Å². The number of amides is 1. The van der Waals surface area contributed by atoms with Gasteiger partial charge in [0.15, 0.2) is 0 Å². The zero-order valence-corrected chi connectivity index (χ0v) is 13.8. The van der Waals surface area contributed by atoms with Crippen molar-refractivity contribution < 1.29 is 13.7 Å². The van der Waals surface area contributed by atoms with E-state index in [4.69, 9.17) is 4.52 Å². The first-order valence-corrected chi connectivity index (χ1v) is 8.01. The van der Waals surface area contributed by atoms with Gasteiger partial charge in [-0.3, -0.25) is 4.79 Å². The highest BCUT2D eigenvalue weighted by molar-refractivity contribution is 5.76. The molecule has 0 saturated carbocycles. The molecular weight excluding hydrogens is 321 g/mol. The number of aryl methyl sites for hydroxylation is 2. The van der Waals surface area contributed by atoms with E-state index in [1.807, 2.05) is 31.2 Å². The lowest BCUT2D eigenvalue weighted by atomic mass is 10.1. The van der Waals surface area contributed by atoms with Gasteiger partial charge >= 0.3 is 0 Å². The van der Waals surface area contributed by atoms with Crippen molar-refractivity contribution in [2.45, 2.75) is 26.3 Å². The van der Waals surface area contributed by atoms with Crippen LogP contribution in [0.3, 0.4) is 0 Å². The molecule has 0 aliphatic rings. The number of hydrogen-bond donors (Lipinski definition) is 1. The van der Waals surface area contributed by atoms with E-state index in [0.29, 0.717) is 24.6 Å². The number of aromatic nitrogens is 2. The molecule has 0 bridgehead atoms. The van der Waals surface area contributed by atoms with Crippen LogP contribution in [0.1, 0.15) is 23.4 Å². The van der Waals surface area contributed by atoms with Gasteiger partial charge in [-0.25, -0.2) is 4.39 Å². The minimum absolute atomic E-state index is 0.125. The summed E-state index contributed by atoms with van der Waals surface area (Å²) in [5.74, 6) is 0.444. The predicted molar refractivity (Wildman–Crippen MR) is 91.0 cm³/mol. The fourth-order valence-electron chi connectivity index (χ4n) is 2.40. The lowest BCUT2D eigenvalue weighted by Crippen LogP contribution is -2.23. The van der Waals surface area contributed by atoms with Crippen LogP contribution >= 0.6 is 0 Å². The van der Waals surface area contributed by atoms with Gasteiger partial charge in [0.25, 0.3) is 0 Å². The molecule has 0 unspecified atom stereocenters. The molecule has 128 valence electrons. The molecule has 25 heavy (non-hydrogen) atoms. The molecule has 3 aromatic rings. The molecule has 0 saturated heterocycles. The first-order valence-electron chi connectivity index (χ1n) is 8.01. The highest BCUT2D eigenvalue weighted by Gasteiger charge is 2.10. The summed E-state index contributed by atoms with van der Waals surface area (Å²) >= 11 is 0. The topological polar surface area (TPSA) is 68.0 Å². The summed E-state index contributed by atoms with van der Waals surface area (Å²) in [4.78, 5) is 16.2. The zero-order chi connectivity index (χ0) is 17.6. The molecule has 0 aliphatic carbocycles. The lowest BCUT2D eigenvalue weighted by molar-refractivity contribution is -0.121. The van der Waals surface area contributed by atoms with Crippen molar-refractivity contribution in [1.82, 2.24) is 15.5 Å². The summed E-state index contributed by atoms with van der Waals surface area (Å²) < 4.78 is 18.0. The number of nitrogens with zero attached hydrogens (tertiary/aromatic N) is 2. The monoisotopic (exact) mass is 339 g/mol. The van der Waals surface area contributed by atoms with Gasteiger partial charge < -0.3 is 9.84 Å². The number of hydrogen-bond acceptors (Lipinski definition) is 4. The smallest absolute Gasteiger partial charge is 0.246 e. The molecule has 1 heterocycles. The van der Waals surface area contributed by atoms with Crippen LogP contribution in [0.15, 0.2) is 53.1 Å². The Balaban J connectivity index is 1.50. The van der Waals surface area contributed by atoms with Crippen LogP contribution in [0.5, 0.6) is 0 Å². The normalized spacial score (nSPS) is 10.6. The third kappa shape index (κ3) is 4.73. The van der Waals surface area contributed by atoms with Crippen LogP contribution in [0.25, 0.3) is 11.4 Å². The molecule has 6 heteroatoms. The van der Waals surface area contributed by atoms with Gasteiger partial charge in [-0.15, -0.1) is 0 Å². The third-order valence-corrected chi connectivity index (χ3v) is 3.74. The lowest BCUT2D eigenvalue weighted by Gasteiger charge is -2.03. The van der Waals surface area contributed by atoms with E-state index in [1.165, 1.54) is 12.1 Å². The van der Waals surface area contributed by atoms with Crippen molar-refractivity contribution in [3.63, 3.8) is 0 Å². The Morgan fingerprint density at radius 2 is 2.00 bits per heavy atom. The van der Waals surface area contributed by atoms with E-state index in [2.05, 4.69) is 15.5 Å². The molecule has 0 fully saturated rings. The van der Waals surface area contributed by atoms with Crippen LogP contribution in [-0.4, -0.2) is 16.0 Å². The first-order chi connectivity index (χ1) is 12.1. The molecule has 2 aromatic carbocycles. The van der Waals surface area contributed by atoms with Crippen molar-refractivity contribution in [3.8, 4) is 11.4 Å². The fraction of sp³-hybridized carbons (Fsp3) is 0.211. The maximum Gasteiger partial charge on any atom is 0.246 e. The molecule has 1 N–H and O–H groups in total. The quantitative estimate of drug-likeness (QED) is 0.747. The van der Waals surface area contributed by atoms with Gasteiger partial charge in [0.2, 0.25) is 17.6 Å². The van der Waals surface area contributed by atoms with E-state index in [-0.39, 0.29) is 18.3 Å². The van der Waals surface area contributed by atoms with E-state index in [1.54, 1.807) is 12.1 Å². The van der Waals surface area contributed by atoms with E-state index in [0.717, 1.165) is 16.7 Å². The average molecular weight is 339 g/mol. The minimum atomic E-state index is -0.283. The van der Waals surface area contributed by atoms with Gasteiger partial charge in [0.05, 0.1) is 6.54 Å². The van der Waals surface area contributed by atoms with Gasteiger partial charge in [-0.1, -0.05) is 41.1 Å². The summed E-state index contributed by atoms with van der Waals surface area (Å²) in [6, 6.07) is 13.9. The molecule has 5 nitrogen and oxygen atoms in total. The number of carbonyl (C=O) groups is 1. The Morgan fingerprint density at radius 1 is 1.20 bits per heavy atom. The maximum atomic E-state index is 12.8. The molecule has 0 aliphatic heterocycles. The largest absolute Gasteiger partial charge is 0.347 e. The van der Waals surface area contributed by atoms with Gasteiger partial charge in [-0.05, 0) is 37.1 Å². The second kappa shape index (κ2) is 7.70. The number of carbonyl (C=O) groups excluding carboxylic acids is 1. The van der Waals surface area contributed by atoms with E-state index >= 15 is 0 Å². The Kier molecular flexibility index (Phi) is 5.18. The van der Waals surface area contributed by atoms with Gasteiger partial charge in [-0.2, -0.15) is 4.98 Å². The summed E-state index contributed by atoms with van der Waals surface area (Å²) in [6.07, 6.45) is 0.856. The van der Waals surface area contributed by atoms with E-state index < -0.39 is 0 Å². The number of halogens is 1. The van der Waals surface area contributed by atoms with Crippen LogP contribution in [-0.2, 0) is 17.8 Å². The van der Waals surface area contributed by atoms with Crippen LogP contribution in [0, 0.1) is 12.7 Å². The molecular formula is C19H18FN3O2. The summed E-state index contributed by atoms with van der Waals surface area (Å²) in [5.41, 5.74) is 2.90. The van der Waals surface area contributed by atoms with Crippen molar-refractivity contribution in [1.29, 1.82) is 0 Å². The highest BCUT2D eigenvalue weighted by Crippen LogP contribution is 2.16. The Labute approximate surface area is 144 Å². The first kappa shape index (κ1) is 16.8.